The molecule has 0 amide bonds. The fourth-order valence-corrected chi connectivity index (χ4v) is 2.95. The topological polar surface area (TPSA) is 68.4 Å². The predicted molar refractivity (Wildman–Crippen MR) is 88.7 cm³/mol. The molecule has 23 heavy (non-hydrogen) atoms. The summed E-state index contributed by atoms with van der Waals surface area (Å²) in [6.45, 7) is 2.08. The summed E-state index contributed by atoms with van der Waals surface area (Å²) < 4.78 is 10.8. The van der Waals surface area contributed by atoms with Crippen molar-refractivity contribution in [2.24, 2.45) is 0 Å². The quantitative estimate of drug-likeness (QED) is 0.713. The Morgan fingerprint density at radius 2 is 2.00 bits per heavy atom. The molecule has 0 bridgehead atoms. The van der Waals surface area contributed by atoms with E-state index < -0.39 is 0 Å². The minimum atomic E-state index is 0.0740. The van der Waals surface area contributed by atoms with E-state index in [1.807, 2.05) is 12.1 Å². The minimum Gasteiger partial charge on any atom is -0.504 e. The highest BCUT2D eigenvalue weighted by Gasteiger charge is 2.12. The molecule has 0 saturated carbocycles. The lowest BCUT2D eigenvalue weighted by Crippen LogP contribution is -1.85. The largest absolute Gasteiger partial charge is 0.504 e. The van der Waals surface area contributed by atoms with E-state index in [4.69, 9.17) is 9.15 Å². The van der Waals surface area contributed by atoms with Crippen LogP contribution in [-0.4, -0.2) is 22.4 Å². The van der Waals surface area contributed by atoms with E-state index in [-0.39, 0.29) is 5.75 Å². The average Bonchev–Trinajstić information content (AvgIpc) is 3.03. The van der Waals surface area contributed by atoms with Gasteiger partial charge in [0.15, 0.2) is 11.5 Å². The number of benzene rings is 2. The first kappa shape index (κ1) is 15.4. The molecule has 2 aromatic carbocycles. The molecule has 0 saturated heterocycles. The molecule has 0 atom stereocenters. The summed E-state index contributed by atoms with van der Waals surface area (Å²) in [5, 5.41) is 18.2. The van der Waals surface area contributed by atoms with Crippen molar-refractivity contribution in [1.29, 1.82) is 0 Å². The van der Waals surface area contributed by atoms with Crippen LogP contribution < -0.4 is 4.74 Å². The third-order valence-electron chi connectivity index (χ3n) is 3.45. The molecular weight excluding hydrogens is 312 g/mol. The normalized spacial score (nSPS) is 10.7. The standard InChI is InChI=1S/C17H16N2O3S/c1-11-5-3-4-6-13(11)10-23-17-19-18-16(22-17)12-7-8-14(20)15(9-12)21-2/h3-9,20H,10H2,1-2H3. The van der Waals surface area contributed by atoms with Gasteiger partial charge < -0.3 is 14.3 Å². The number of methoxy groups -OCH3 is 1. The lowest BCUT2D eigenvalue weighted by molar-refractivity contribution is 0.373. The fraction of sp³-hybridized carbons (Fsp3) is 0.176. The first-order valence-corrected chi connectivity index (χ1v) is 8.04. The minimum absolute atomic E-state index is 0.0740. The molecule has 1 N–H and O–H groups in total. The molecule has 0 aliphatic rings. The maximum absolute atomic E-state index is 9.63. The van der Waals surface area contributed by atoms with Gasteiger partial charge in [0.05, 0.1) is 7.11 Å². The van der Waals surface area contributed by atoms with Crippen molar-refractivity contribution in [3.63, 3.8) is 0 Å². The molecule has 5 nitrogen and oxygen atoms in total. The Kier molecular flexibility index (Phi) is 4.52. The van der Waals surface area contributed by atoms with E-state index in [0.717, 1.165) is 5.75 Å². The van der Waals surface area contributed by atoms with Crippen molar-refractivity contribution in [2.75, 3.05) is 7.11 Å². The molecule has 0 aliphatic heterocycles. The van der Waals surface area contributed by atoms with Crippen LogP contribution in [0.2, 0.25) is 0 Å². The number of aromatic nitrogens is 2. The van der Waals surface area contributed by atoms with Gasteiger partial charge in [0, 0.05) is 11.3 Å². The van der Waals surface area contributed by atoms with Crippen LogP contribution in [0.4, 0.5) is 0 Å². The second-order valence-electron chi connectivity index (χ2n) is 4.97. The second kappa shape index (κ2) is 6.75. The average molecular weight is 328 g/mol. The van der Waals surface area contributed by atoms with Gasteiger partial charge in [0.1, 0.15) is 0 Å². The molecule has 0 spiro atoms. The molecule has 0 unspecified atom stereocenters. The van der Waals surface area contributed by atoms with Gasteiger partial charge >= 0.3 is 0 Å². The molecule has 1 heterocycles. The summed E-state index contributed by atoms with van der Waals surface area (Å²) in [5.41, 5.74) is 3.18. The molecule has 0 fully saturated rings. The monoisotopic (exact) mass is 328 g/mol. The van der Waals surface area contributed by atoms with Gasteiger partial charge in [-0.2, -0.15) is 0 Å². The number of rotatable bonds is 5. The van der Waals surface area contributed by atoms with E-state index in [9.17, 15) is 5.11 Å². The summed E-state index contributed by atoms with van der Waals surface area (Å²) in [4.78, 5) is 0. The van der Waals surface area contributed by atoms with Crippen LogP contribution in [0.25, 0.3) is 11.5 Å². The molecule has 118 valence electrons. The third-order valence-corrected chi connectivity index (χ3v) is 4.31. The van der Waals surface area contributed by atoms with Crippen molar-refractivity contribution in [1.82, 2.24) is 10.2 Å². The van der Waals surface area contributed by atoms with Crippen molar-refractivity contribution in [2.45, 2.75) is 17.9 Å². The van der Waals surface area contributed by atoms with Crippen LogP contribution in [0.1, 0.15) is 11.1 Å². The van der Waals surface area contributed by atoms with Crippen molar-refractivity contribution < 1.29 is 14.3 Å². The van der Waals surface area contributed by atoms with Crippen LogP contribution in [-0.2, 0) is 5.75 Å². The lowest BCUT2D eigenvalue weighted by atomic mass is 10.1. The van der Waals surface area contributed by atoms with Gasteiger partial charge in [-0.25, -0.2) is 0 Å². The Morgan fingerprint density at radius 3 is 2.78 bits per heavy atom. The smallest absolute Gasteiger partial charge is 0.277 e. The molecule has 6 heteroatoms. The van der Waals surface area contributed by atoms with Crippen molar-refractivity contribution in [3.8, 4) is 23.0 Å². The summed E-state index contributed by atoms with van der Waals surface area (Å²) in [5.74, 6) is 1.61. The van der Waals surface area contributed by atoms with Gasteiger partial charge in [-0.1, -0.05) is 36.0 Å². The third kappa shape index (κ3) is 3.48. The number of aryl methyl sites for hydroxylation is 1. The number of thioether (sulfide) groups is 1. The number of nitrogens with zero attached hydrogens (tertiary/aromatic N) is 2. The van der Waals surface area contributed by atoms with E-state index in [1.165, 1.54) is 30.0 Å². The molecule has 0 radical (unpaired) electrons. The van der Waals surface area contributed by atoms with Crippen LogP contribution in [0.15, 0.2) is 52.1 Å². The summed E-state index contributed by atoms with van der Waals surface area (Å²) in [6.07, 6.45) is 0. The van der Waals surface area contributed by atoms with Gasteiger partial charge in [-0.15, -0.1) is 10.2 Å². The Hall–Kier alpha value is -2.47. The highest BCUT2D eigenvalue weighted by atomic mass is 32.2. The summed E-state index contributed by atoms with van der Waals surface area (Å²) in [6, 6.07) is 13.1. The van der Waals surface area contributed by atoms with Gasteiger partial charge in [0.2, 0.25) is 5.89 Å². The Bertz CT molecular complexity index is 817. The van der Waals surface area contributed by atoms with Gasteiger partial charge in [-0.05, 0) is 36.2 Å². The maximum atomic E-state index is 9.63. The zero-order valence-corrected chi connectivity index (χ0v) is 13.6. The van der Waals surface area contributed by atoms with Crippen LogP contribution in [0, 0.1) is 6.92 Å². The second-order valence-corrected chi connectivity index (χ2v) is 5.90. The van der Waals surface area contributed by atoms with E-state index in [0.29, 0.717) is 22.4 Å². The van der Waals surface area contributed by atoms with Crippen LogP contribution in [0.3, 0.4) is 0 Å². The first-order valence-electron chi connectivity index (χ1n) is 7.05. The number of phenolic OH excluding ortho intramolecular Hbond substituents is 1. The summed E-state index contributed by atoms with van der Waals surface area (Å²) >= 11 is 1.50. The van der Waals surface area contributed by atoms with E-state index in [2.05, 4.69) is 29.3 Å². The van der Waals surface area contributed by atoms with Crippen molar-refractivity contribution >= 4 is 11.8 Å². The molecule has 3 rings (SSSR count). The number of hydrogen-bond donors (Lipinski definition) is 1. The zero-order valence-electron chi connectivity index (χ0n) is 12.8. The predicted octanol–water partition coefficient (Wildman–Crippen LogP) is 4.05. The van der Waals surface area contributed by atoms with Crippen LogP contribution >= 0.6 is 11.8 Å². The zero-order chi connectivity index (χ0) is 16.2. The number of phenols is 1. The SMILES string of the molecule is COc1cc(-c2nnc(SCc3ccccc3C)o2)ccc1O. The highest BCUT2D eigenvalue weighted by Crippen LogP contribution is 2.32. The lowest BCUT2D eigenvalue weighted by Gasteiger charge is -2.04. The Labute approximate surface area is 138 Å². The maximum Gasteiger partial charge on any atom is 0.277 e. The van der Waals surface area contributed by atoms with Crippen LogP contribution in [0.5, 0.6) is 11.5 Å². The van der Waals surface area contributed by atoms with Gasteiger partial charge in [0.25, 0.3) is 5.22 Å². The molecule has 0 aliphatic carbocycles. The number of hydrogen-bond acceptors (Lipinski definition) is 6. The van der Waals surface area contributed by atoms with E-state index in [1.54, 1.807) is 18.2 Å². The fourth-order valence-electron chi connectivity index (χ4n) is 2.11. The molecule has 1 aromatic heterocycles. The summed E-state index contributed by atoms with van der Waals surface area (Å²) in [7, 11) is 1.50. The molecular formula is C17H16N2O3S. The van der Waals surface area contributed by atoms with Crippen molar-refractivity contribution in [3.05, 3.63) is 53.6 Å². The number of ether oxygens (including phenoxy) is 1. The van der Waals surface area contributed by atoms with Gasteiger partial charge in [-0.3, -0.25) is 0 Å². The first-order chi connectivity index (χ1) is 11.2. The Balaban J connectivity index is 1.74. The molecule has 3 aromatic rings. The Morgan fingerprint density at radius 1 is 1.17 bits per heavy atom. The highest BCUT2D eigenvalue weighted by molar-refractivity contribution is 7.98. The van der Waals surface area contributed by atoms with E-state index >= 15 is 0 Å². The number of aromatic hydroxyl groups is 1.